The molecule has 20 heavy (non-hydrogen) atoms. The lowest BCUT2D eigenvalue weighted by Gasteiger charge is -2.13. The van der Waals surface area contributed by atoms with Gasteiger partial charge in [0, 0.05) is 19.7 Å². The average molecular weight is 280 g/mol. The van der Waals surface area contributed by atoms with Gasteiger partial charge in [-0.25, -0.2) is 4.79 Å². The van der Waals surface area contributed by atoms with Crippen LogP contribution in [0.15, 0.2) is 18.5 Å². The third-order valence-electron chi connectivity index (χ3n) is 3.63. The van der Waals surface area contributed by atoms with Gasteiger partial charge >= 0.3 is 6.09 Å². The van der Waals surface area contributed by atoms with Crippen molar-refractivity contribution >= 4 is 6.09 Å². The fourth-order valence-corrected chi connectivity index (χ4v) is 2.26. The van der Waals surface area contributed by atoms with E-state index in [-0.39, 0.29) is 14.3 Å². The van der Waals surface area contributed by atoms with Gasteiger partial charge in [0.05, 0.1) is 12.7 Å². The predicted molar refractivity (Wildman–Crippen MR) is 77.4 cm³/mol. The summed E-state index contributed by atoms with van der Waals surface area (Å²) in [6, 6.07) is 2.04. The van der Waals surface area contributed by atoms with Crippen LogP contribution in [0, 0.1) is 5.92 Å². The highest BCUT2D eigenvalue weighted by Crippen LogP contribution is 2.25. The molecule has 0 bridgehead atoms. The smallest absolute Gasteiger partial charge is 0.408 e. The van der Waals surface area contributed by atoms with Gasteiger partial charge in [-0.05, 0) is 43.4 Å². The van der Waals surface area contributed by atoms with E-state index in [9.17, 15) is 4.79 Å². The maximum atomic E-state index is 11.5. The van der Waals surface area contributed by atoms with Crippen LogP contribution in [0.2, 0.25) is 0 Å². The lowest BCUT2D eigenvalue weighted by molar-refractivity contribution is 0.0441. The Morgan fingerprint density at radius 3 is 3.10 bits per heavy atom. The number of hydrogen-bond acceptors (Lipinski definition) is 4. The minimum absolute atomic E-state index is 0. The van der Waals surface area contributed by atoms with E-state index in [0.29, 0.717) is 12.5 Å². The molecule has 1 amide bonds. The quantitative estimate of drug-likeness (QED) is 0.813. The average Bonchev–Trinajstić information content (AvgIpc) is 2.87. The van der Waals surface area contributed by atoms with Crippen molar-refractivity contribution in [2.45, 2.75) is 39.2 Å². The largest absolute Gasteiger partial charge is 0.449 e. The maximum absolute atomic E-state index is 11.5. The Morgan fingerprint density at radius 1 is 1.55 bits per heavy atom. The van der Waals surface area contributed by atoms with Crippen molar-refractivity contribution in [2.24, 2.45) is 5.92 Å². The van der Waals surface area contributed by atoms with E-state index >= 15 is 0 Å². The number of amides is 1. The van der Waals surface area contributed by atoms with Crippen molar-refractivity contribution in [1.82, 2.24) is 10.3 Å². The first kappa shape index (κ1) is 14.8. The van der Waals surface area contributed by atoms with Crippen LogP contribution in [0.25, 0.3) is 0 Å². The highest BCUT2D eigenvalue weighted by Gasteiger charge is 2.22. The number of fused-ring (bicyclic) bond motifs is 1. The van der Waals surface area contributed by atoms with Crippen LogP contribution in [0.5, 0.6) is 0 Å². The maximum Gasteiger partial charge on any atom is 0.408 e. The minimum atomic E-state index is -0.414. The third-order valence-corrected chi connectivity index (χ3v) is 3.63. The van der Waals surface area contributed by atoms with Gasteiger partial charge < -0.3 is 9.47 Å². The molecule has 1 aromatic heterocycles. The topological polar surface area (TPSA) is 60.5 Å². The second kappa shape index (κ2) is 7.24. The van der Waals surface area contributed by atoms with E-state index in [1.807, 2.05) is 26.1 Å². The Hall–Kier alpha value is -1.62. The zero-order valence-electron chi connectivity index (χ0n) is 12.1. The molecule has 0 saturated carbocycles. The molecule has 1 aliphatic rings. The normalized spacial score (nSPS) is 18.4. The number of hydrogen-bond donors (Lipinski definition) is 1. The molecule has 0 aromatic carbocycles. The van der Waals surface area contributed by atoms with Gasteiger partial charge in [0.2, 0.25) is 0 Å². The fourth-order valence-electron chi connectivity index (χ4n) is 2.26. The van der Waals surface area contributed by atoms with Crippen molar-refractivity contribution in [3.05, 3.63) is 29.6 Å². The molecule has 2 unspecified atom stereocenters. The second-order valence-electron chi connectivity index (χ2n) is 5.22. The van der Waals surface area contributed by atoms with Gasteiger partial charge in [0.15, 0.2) is 0 Å². The number of carbonyl (C=O) groups is 1. The molecule has 1 aliphatic carbocycles. The molecule has 0 saturated heterocycles. The summed E-state index contributed by atoms with van der Waals surface area (Å²) >= 11 is 0. The summed E-state index contributed by atoms with van der Waals surface area (Å²) < 4.78 is 10.6. The summed E-state index contributed by atoms with van der Waals surface area (Å²) in [5, 5.41) is 2.60. The van der Waals surface area contributed by atoms with Gasteiger partial charge in [-0.1, -0.05) is 6.92 Å². The van der Waals surface area contributed by atoms with E-state index in [2.05, 4.69) is 10.3 Å². The number of aromatic nitrogens is 1. The first-order valence-electron chi connectivity index (χ1n) is 7.13. The number of carbonyl (C=O) groups excluding carboxylic acids is 1. The molecule has 0 fully saturated rings. The Labute approximate surface area is 121 Å². The van der Waals surface area contributed by atoms with Crippen LogP contribution in [-0.4, -0.2) is 30.5 Å². The molecule has 0 spiro atoms. The Balaban J connectivity index is 0.00000220. The van der Waals surface area contributed by atoms with E-state index in [1.54, 1.807) is 6.20 Å². The summed E-state index contributed by atoms with van der Waals surface area (Å²) in [7, 11) is 0. The molecular weight excluding hydrogens is 256 g/mol. The van der Waals surface area contributed by atoms with Crippen molar-refractivity contribution in [3.63, 3.8) is 0 Å². The van der Waals surface area contributed by atoms with Crippen LogP contribution in [-0.2, 0) is 22.3 Å². The van der Waals surface area contributed by atoms with Gasteiger partial charge in [0.25, 0.3) is 0 Å². The van der Waals surface area contributed by atoms with Gasteiger partial charge in [0.1, 0.15) is 6.73 Å². The van der Waals surface area contributed by atoms with E-state index in [1.165, 1.54) is 11.1 Å². The number of ether oxygens (including phenoxy) is 2. The molecule has 1 heterocycles. The van der Waals surface area contributed by atoms with Crippen molar-refractivity contribution in [3.8, 4) is 0 Å². The third kappa shape index (κ3) is 4.20. The summed E-state index contributed by atoms with van der Waals surface area (Å²) in [6.07, 6.45) is 6.24. The van der Waals surface area contributed by atoms with Crippen LogP contribution in [0.4, 0.5) is 4.79 Å². The van der Waals surface area contributed by atoms with Gasteiger partial charge in [-0.2, -0.15) is 0 Å². The lowest BCUT2D eigenvalue weighted by atomic mass is 10.1. The second-order valence-corrected chi connectivity index (χ2v) is 5.22. The van der Waals surface area contributed by atoms with Crippen LogP contribution < -0.4 is 5.32 Å². The Bertz CT molecular complexity index is 431. The molecular formula is C15H24N2O3. The van der Waals surface area contributed by atoms with Crippen LogP contribution in [0.3, 0.4) is 0 Å². The van der Waals surface area contributed by atoms with E-state index in [0.717, 1.165) is 19.3 Å². The van der Waals surface area contributed by atoms with Crippen molar-refractivity contribution in [1.29, 1.82) is 0 Å². The minimum Gasteiger partial charge on any atom is -0.449 e. The molecule has 5 nitrogen and oxygen atoms in total. The van der Waals surface area contributed by atoms with Gasteiger partial charge in [-0.15, -0.1) is 0 Å². The zero-order chi connectivity index (χ0) is 14.4. The summed E-state index contributed by atoms with van der Waals surface area (Å²) in [5.41, 5.74) is 2.58. The molecule has 1 N–H and O–H groups in total. The molecule has 1 aromatic rings. The highest BCUT2D eigenvalue weighted by molar-refractivity contribution is 5.66. The van der Waals surface area contributed by atoms with Crippen LogP contribution in [0.1, 0.15) is 32.8 Å². The SMILES string of the molecule is CCC(C)OCNC(=O)OCC1Cc2ccncc2C1.[HH]. The molecule has 2 rings (SSSR count). The molecule has 2 atom stereocenters. The fraction of sp³-hybridized carbons (Fsp3) is 0.600. The summed E-state index contributed by atoms with van der Waals surface area (Å²) in [5.74, 6) is 0.357. The Morgan fingerprint density at radius 2 is 2.35 bits per heavy atom. The predicted octanol–water partition coefficient (Wildman–Crippen LogP) is 2.54. The monoisotopic (exact) mass is 280 g/mol. The number of alkyl carbamates (subject to hydrolysis) is 1. The lowest BCUT2D eigenvalue weighted by Crippen LogP contribution is -2.30. The van der Waals surface area contributed by atoms with E-state index in [4.69, 9.17) is 9.47 Å². The zero-order valence-corrected chi connectivity index (χ0v) is 12.1. The number of pyridine rings is 1. The number of nitrogens with zero attached hydrogens (tertiary/aromatic N) is 1. The Kier molecular flexibility index (Phi) is 5.35. The number of nitrogens with one attached hydrogen (secondary N) is 1. The molecule has 0 aliphatic heterocycles. The summed E-state index contributed by atoms with van der Waals surface area (Å²) in [6.45, 7) is 4.64. The standard InChI is InChI=1S/C15H22N2O3.H2/c1-3-11(2)20-10-17-15(18)19-9-12-6-13-4-5-16-8-14(13)7-12;/h4-5,8,11-12H,3,6-7,9-10H2,1-2H3,(H,17,18);1H. The van der Waals surface area contributed by atoms with Crippen LogP contribution >= 0.6 is 0 Å². The summed E-state index contributed by atoms with van der Waals surface area (Å²) in [4.78, 5) is 15.6. The number of rotatable bonds is 6. The molecule has 0 radical (unpaired) electrons. The van der Waals surface area contributed by atoms with E-state index < -0.39 is 6.09 Å². The first-order chi connectivity index (χ1) is 9.69. The van der Waals surface area contributed by atoms with Crippen molar-refractivity contribution in [2.75, 3.05) is 13.3 Å². The first-order valence-corrected chi connectivity index (χ1v) is 7.13. The molecule has 5 heteroatoms. The molecule has 112 valence electrons. The van der Waals surface area contributed by atoms with Gasteiger partial charge in [-0.3, -0.25) is 10.3 Å². The van der Waals surface area contributed by atoms with Crippen molar-refractivity contribution < 1.29 is 15.7 Å². The highest BCUT2D eigenvalue weighted by atomic mass is 16.6.